The maximum Gasteiger partial charge on any atom is 0.290 e. The number of benzene rings is 2. The van der Waals surface area contributed by atoms with E-state index in [0.29, 0.717) is 20.1 Å². The molecule has 0 aliphatic carbocycles. The van der Waals surface area contributed by atoms with E-state index in [2.05, 4.69) is 41.8 Å². The van der Waals surface area contributed by atoms with Gasteiger partial charge in [-0.3, -0.25) is 4.79 Å². The molecule has 6 nitrogen and oxygen atoms in total. The molecule has 0 aliphatic rings. The van der Waals surface area contributed by atoms with Crippen molar-refractivity contribution in [3.8, 4) is 0 Å². The second kappa shape index (κ2) is 9.18. The molecule has 0 radical (unpaired) electrons. The predicted molar refractivity (Wildman–Crippen MR) is 95.4 cm³/mol. The third kappa shape index (κ3) is 5.46. The minimum absolute atomic E-state index is 0.250. The number of nitrogens with one attached hydrogen (secondary N) is 1. The van der Waals surface area contributed by atoms with Crippen LogP contribution in [0.1, 0.15) is 0 Å². The Morgan fingerprint density at radius 1 is 1.04 bits per heavy atom. The number of carboxylic acid groups (broad SMARTS) is 1. The molecule has 0 saturated heterocycles. The van der Waals surface area contributed by atoms with Crippen molar-refractivity contribution in [3.05, 3.63) is 51.2 Å². The number of imidazole rings is 1. The number of aromatic amines is 1. The minimum atomic E-state index is -0.397. The number of aromatic nitrogens is 2. The van der Waals surface area contributed by atoms with Crippen molar-refractivity contribution in [1.29, 1.82) is 0 Å². The van der Waals surface area contributed by atoms with Gasteiger partial charge in [0.05, 0.1) is 37.7 Å². The van der Waals surface area contributed by atoms with Gasteiger partial charge in [-0.05, 0) is 44.0 Å². The lowest BCUT2D eigenvalue weighted by atomic mass is 10.3. The molecule has 128 valence electrons. The predicted octanol–water partition coefficient (Wildman–Crippen LogP) is 3.92. The lowest BCUT2D eigenvalue weighted by molar-refractivity contribution is -0.122. The fourth-order valence-electron chi connectivity index (χ4n) is 1.51. The quantitative estimate of drug-likeness (QED) is 0.296. The van der Waals surface area contributed by atoms with E-state index in [0.717, 1.165) is 5.52 Å². The first kappa shape index (κ1) is 19.8. The van der Waals surface area contributed by atoms with Gasteiger partial charge in [0.15, 0.2) is 0 Å². The van der Waals surface area contributed by atoms with Crippen LogP contribution in [-0.2, 0) is 4.79 Å². The molecule has 1 aromatic heterocycles. The average Bonchev–Trinajstić information content (AvgIpc) is 2.94. The number of carbonyl (C=O) groups is 1. The Bertz CT molecular complexity index is 757. The number of fused-ring (bicyclic) bond motifs is 1. The van der Waals surface area contributed by atoms with E-state index in [4.69, 9.17) is 21.4 Å². The van der Waals surface area contributed by atoms with Crippen molar-refractivity contribution < 1.29 is 18.7 Å². The summed E-state index contributed by atoms with van der Waals surface area (Å²) in [6.07, 6.45) is 1.54. The molecule has 0 amide bonds. The van der Waals surface area contributed by atoms with Crippen LogP contribution in [0.4, 0.5) is 20.2 Å². The van der Waals surface area contributed by atoms with Gasteiger partial charge in [0.2, 0.25) is 0 Å². The van der Waals surface area contributed by atoms with Crippen LogP contribution in [0.5, 0.6) is 0 Å². The van der Waals surface area contributed by atoms with Crippen LogP contribution in [0.15, 0.2) is 39.5 Å². The van der Waals surface area contributed by atoms with Gasteiger partial charge in [0.25, 0.3) is 6.47 Å². The maximum absolute atomic E-state index is 12.8. The highest BCUT2D eigenvalue weighted by Crippen LogP contribution is 2.23. The van der Waals surface area contributed by atoms with Crippen molar-refractivity contribution >= 4 is 60.7 Å². The fraction of sp³-hybridized carbons (Fsp3) is 0. The van der Waals surface area contributed by atoms with Gasteiger partial charge in [-0.2, -0.15) is 0 Å². The molecule has 1 heterocycles. The van der Waals surface area contributed by atoms with Crippen LogP contribution < -0.4 is 11.5 Å². The van der Waals surface area contributed by atoms with E-state index in [1.54, 1.807) is 6.07 Å². The highest BCUT2D eigenvalue weighted by molar-refractivity contribution is 9.10. The van der Waals surface area contributed by atoms with Gasteiger partial charge in [-0.15, -0.1) is 0 Å². The van der Waals surface area contributed by atoms with Gasteiger partial charge in [0.1, 0.15) is 11.6 Å². The number of rotatable bonds is 0. The lowest BCUT2D eigenvalue weighted by Crippen LogP contribution is -1.95. The van der Waals surface area contributed by atoms with Crippen molar-refractivity contribution in [1.82, 2.24) is 9.97 Å². The molecular formula is C14H12Br2F2N4O2. The third-order valence-electron chi connectivity index (χ3n) is 2.59. The van der Waals surface area contributed by atoms with Crippen LogP contribution in [0, 0.1) is 11.6 Å². The number of halogens is 4. The maximum atomic E-state index is 12.8. The zero-order valence-corrected chi connectivity index (χ0v) is 15.1. The molecule has 10 heteroatoms. The molecule has 2 aromatic carbocycles. The summed E-state index contributed by atoms with van der Waals surface area (Å²) in [6, 6.07) is 5.66. The topological polar surface area (TPSA) is 118 Å². The second-order valence-corrected chi connectivity index (χ2v) is 5.90. The van der Waals surface area contributed by atoms with Crippen molar-refractivity contribution in [2.75, 3.05) is 11.5 Å². The molecular weight excluding hydrogens is 454 g/mol. The summed E-state index contributed by atoms with van der Waals surface area (Å²) in [7, 11) is 0. The van der Waals surface area contributed by atoms with Crippen LogP contribution in [0.25, 0.3) is 11.0 Å². The summed E-state index contributed by atoms with van der Waals surface area (Å²) in [5, 5.41) is 6.89. The van der Waals surface area contributed by atoms with Crippen molar-refractivity contribution in [2.24, 2.45) is 0 Å². The molecule has 0 spiro atoms. The third-order valence-corrected chi connectivity index (χ3v) is 3.80. The normalized spacial score (nSPS) is 9.50. The Morgan fingerprint density at radius 3 is 2.12 bits per heavy atom. The first-order valence-corrected chi connectivity index (χ1v) is 7.74. The van der Waals surface area contributed by atoms with Gasteiger partial charge in [0, 0.05) is 12.1 Å². The van der Waals surface area contributed by atoms with Crippen LogP contribution >= 0.6 is 31.9 Å². The Hall–Kier alpha value is -2.20. The zero-order chi connectivity index (χ0) is 18.3. The van der Waals surface area contributed by atoms with Gasteiger partial charge in [-0.25, -0.2) is 13.8 Å². The number of anilines is 2. The number of hydrogen-bond donors (Lipinski definition) is 4. The van der Waals surface area contributed by atoms with E-state index >= 15 is 0 Å². The molecule has 0 aliphatic heterocycles. The van der Waals surface area contributed by atoms with Gasteiger partial charge >= 0.3 is 0 Å². The Labute approximate surface area is 152 Å². The number of H-pyrrole nitrogens is 1. The average molecular weight is 466 g/mol. The van der Waals surface area contributed by atoms with Crippen molar-refractivity contribution in [3.63, 3.8) is 0 Å². The Morgan fingerprint density at radius 2 is 1.54 bits per heavy atom. The van der Waals surface area contributed by atoms with E-state index in [-0.39, 0.29) is 18.0 Å². The van der Waals surface area contributed by atoms with Gasteiger partial charge in [-0.1, -0.05) is 0 Å². The summed E-state index contributed by atoms with van der Waals surface area (Å²) in [4.78, 5) is 15.1. The summed E-state index contributed by atoms with van der Waals surface area (Å²) >= 11 is 6.04. The molecule has 0 fully saturated rings. The lowest BCUT2D eigenvalue weighted by Gasteiger charge is -2.00. The van der Waals surface area contributed by atoms with Crippen LogP contribution in [-0.4, -0.2) is 21.5 Å². The summed E-state index contributed by atoms with van der Waals surface area (Å²) < 4.78 is 26.2. The largest absolute Gasteiger partial charge is 0.483 e. The molecule has 0 atom stereocenters. The Kier molecular flexibility index (Phi) is 7.59. The summed E-state index contributed by atoms with van der Waals surface area (Å²) in [5.74, 6) is -0.673. The second-order valence-electron chi connectivity index (χ2n) is 4.19. The monoisotopic (exact) mass is 464 g/mol. The van der Waals surface area contributed by atoms with E-state index in [1.165, 1.54) is 24.5 Å². The first-order valence-electron chi connectivity index (χ1n) is 6.16. The number of hydrogen-bond acceptors (Lipinski definition) is 4. The Balaban J connectivity index is 0.000000208. The first-order chi connectivity index (χ1) is 11.3. The smallest absolute Gasteiger partial charge is 0.290 e. The van der Waals surface area contributed by atoms with E-state index in [1.807, 2.05) is 0 Å². The highest BCUT2D eigenvalue weighted by atomic mass is 79.9. The molecule has 0 unspecified atom stereocenters. The minimum Gasteiger partial charge on any atom is -0.483 e. The number of nitrogens with zero attached hydrogens (tertiary/aromatic N) is 1. The molecule has 6 N–H and O–H groups in total. The molecule has 3 rings (SSSR count). The summed E-state index contributed by atoms with van der Waals surface area (Å²) in [6.45, 7) is -0.250. The molecule has 3 aromatic rings. The molecule has 0 saturated carbocycles. The fourth-order valence-corrected chi connectivity index (χ4v) is 2.20. The van der Waals surface area contributed by atoms with E-state index in [9.17, 15) is 8.78 Å². The highest BCUT2D eigenvalue weighted by Gasteiger charge is 2.02. The standard InChI is InChI=1S/C7H4BrFN2.C6H6BrFN2.CH2O2/c8-4-1-6-7(2-5(4)9)11-3-10-6;7-3-1-5(9)6(10)2-4(3)8;2-1-3/h1-3H,(H,10,11);1-2H,9-10H2;1H,(H,2,3). The van der Waals surface area contributed by atoms with Crippen LogP contribution in [0.2, 0.25) is 0 Å². The number of nitrogen functional groups attached to an aromatic ring is 2. The molecule has 24 heavy (non-hydrogen) atoms. The van der Waals surface area contributed by atoms with Crippen molar-refractivity contribution in [2.45, 2.75) is 0 Å². The summed E-state index contributed by atoms with van der Waals surface area (Å²) in [5.41, 5.74) is 12.8. The van der Waals surface area contributed by atoms with Crippen LogP contribution in [0.3, 0.4) is 0 Å². The van der Waals surface area contributed by atoms with Gasteiger partial charge < -0.3 is 21.6 Å². The SMILES string of the molecule is Fc1cc2[nH]cnc2cc1Br.Nc1cc(F)c(Br)cc1N.O=CO. The zero-order valence-electron chi connectivity index (χ0n) is 11.9. The molecule has 0 bridgehead atoms. The van der Waals surface area contributed by atoms with E-state index < -0.39 is 5.82 Å². The number of nitrogens with two attached hydrogens (primary N) is 2.